The molecule has 4 rings (SSSR count). The first kappa shape index (κ1) is 19.8. The van der Waals surface area contributed by atoms with Crippen molar-refractivity contribution in [3.8, 4) is 5.75 Å². The largest absolute Gasteiger partial charge is 0.495 e. The first-order valence-electron chi connectivity index (χ1n) is 10.5. The Labute approximate surface area is 172 Å². The standard InChI is InChI=1S/C22H31N5O2/c1-18-9-11-27(23-18)17-22(28)26-10-5-6-19(16-26)24-12-14-25(15-13-24)20-7-3-4-8-21(20)29-2/h3-4,7-9,11,19H,5-6,10,12-17H2,1-2H3/t19-/m1/s1. The SMILES string of the molecule is COc1ccccc1N1CCN([C@@H]2CCCN(C(=O)Cn3ccc(C)n3)C2)CC1. The summed E-state index contributed by atoms with van der Waals surface area (Å²) in [5, 5.41) is 4.35. The summed E-state index contributed by atoms with van der Waals surface area (Å²) in [4.78, 5) is 19.7. The second-order valence-electron chi connectivity index (χ2n) is 7.99. The van der Waals surface area contributed by atoms with Gasteiger partial charge in [0.1, 0.15) is 12.3 Å². The molecule has 2 fully saturated rings. The lowest BCUT2D eigenvalue weighted by Crippen LogP contribution is -2.56. The van der Waals surface area contributed by atoms with Gasteiger partial charge in [0.25, 0.3) is 0 Å². The maximum Gasteiger partial charge on any atom is 0.244 e. The zero-order valence-corrected chi connectivity index (χ0v) is 17.5. The predicted molar refractivity (Wildman–Crippen MR) is 113 cm³/mol. The Kier molecular flexibility index (Phi) is 6.04. The number of likely N-dealkylation sites (tertiary alicyclic amines) is 1. The Morgan fingerprint density at radius 2 is 1.93 bits per heavy atom. The summed E-state index contributed by atoms with van der Waals surface area (Å²) in [6, 6.07) is 10.6. The van der Waals surface area contributed by atoms with Crippen molar-refractivity contribution in [1.29, 1.82) is 0 Å². The van der Waals surface area contributed by atoms with Crippen LogP contribution in [0.5, 0.6) is 5.75 Å². The van der Waals surface area contributed by atoms with Crippen LogP contribution in [0.4, 0.5) is 5.69 Å². The van der Waals surface area contributed by atoms with E-state index in [0.29, 0.717) is 12.6 Å². The van der Waals surface area contributed by atoms with E-state index in [9.17, 15) is 4.79 Å². The number of nitrogens with zero attached hydrogens (tertiary/aromatic N) is 5. The number of anilines is 1. The van der Waals surface area contributed by atoms with E-state index in [0.717, 1.165) is 57.1 Å². The van der Waals surface area contributed by atoms with Crippen LogP contribution in [0.15, 0.2) is 36.5 Å². The van der Waals surface area contributed by atoms with Crippen LogP contribution in [0.2, 0.25) is 0 Å². The van der Waals surface area contributed by atoms with Gasteiger partial charge in [0.15, 0.2) is 0 Å². The molecule has 0 saturated carbocycles. The third-order valence-corrected chi connectivity index (χ3v) is 6.08. The lowest BCUT2D eigenvalue weighted by atomic mass is 10.0. The van der Waals surface area contributed by atoms with Gasteiger partial charge in [0.05, 0.1) is 18.5 Å². The van der Waals surface area contributed by atoms with Gasteiger partial charge in [-0.25, -0.2) is 0 Å². The van der Waals surface area contributed by atoms with Gasteiger partial charge < -0.3 is 14.5 Å². The molecular weight excluding hydrogens is 366 g/mol. The molecular formula is C22H31N5O2. The second kappa shape index (κ2) is 8.86. The predicted octanol–water partition coefficient (Wildman–Crippen LogP) is 2.01. The second-order valence-corrected chi connectivity index (χ2v) is 7.99. The maximum atomic E-state index is 12.7. The summed E-state index contributed by atoms with van der Waals surface area (Å²) in [6.07, 6.45) is 4.12. The normalized spacial score (nSPS) is 20.7. The summed E-state index contributed by atoms with van der Waals surface area (Å²) in [5.41, 5.74) is 2.12. The number of carbonyl (C=O) groups excluding carboxylic acids is 1. The van der Waals surface area contributed by atoms with Crippen LogP contribution in [-0.2, 0) is 11.3 Å². The van der Waals surface area contributed by atoms with Gasteiger partial charge in [-0.1, -0.05) is 12.1 Å². The number of methoxy groups -OCH3 is 1. The van der Waals surface area contributed by atoms with E-state index < -0.39 is 0 Å². The van der Waals surface area contributed by atoms with Crippen LogP contribution >= 0.6 is 0 Å². The fourth-order valence-electron chi connectivity index (χ4n) is 4.49. The number of amides is 1. The first-order valence-corrected chi connectivity index (χ1v) is 10.5. The fraction of sp³-hybridized carbons (Fsp3) is 0.545. The van der Waals surface area contributed by atoms with Crippen molar-refractivity contribution in [3.63, 3.8) is 0 Å². The van der Waals surface area contributed by atoms with E-state index in [1.165, 1.54) is 12.1 Å². The molecule has 2 aliphatic heterocycles. The molecule has 29 heavy (non-hydrogen) atoms. The minimum absolute atomic E-state index is 0.172. The van der Waals surface area contributed by atoms with Crippen molar-refractivity contribution < 1.29 is 9.53 Å². The Morgan fingerprint density at radius 3 is 2.66 bits per heavy atom. The summed E-state index contributed by atoms with van der Waals surface area (Å²) in [5.74, 6) is 1.11. The summed E-state index contributed by atoms with van der Waals surface area (Å²) < 4.78 is 7.27. The Balaban J connectivity index is 1.32. The van der Waals surface area contributed by atoms with Crippen molar-refractivity contribution in [2.45, 2.75) is 32.4 Å². The minimum Gasteiger partial charge on any atom is -0.495 e. The van der Waals surface area contributed by atoms with Gasteiger partial charge in [0, 0.05) is 51.5 Å². The average Bonchev–Trinajstić information content (AvgIpc) is 3.18. The number of ether oxygens (including phenoxy) is 1. The number of hydrogen-bond acceptors (Lipinski definition) is 5. The number of hydrogen-bond donors (Lipinski definition) is 0. The summed E-state index contributed by atoms with van der Waals surface area (Å²) in [6.45, 7) is 7.97. The molecule has 7 nitrogen and oxygen atoms in total. The molecule has 2 aliphatic rings. The zero-order valence-electron chi connectivity index (χ0n) is 17.5. The molecule has 2 aromatic rings. The van der Waals surface area contributed by atoms with Gasteiger partial charge in [-0.3, -0.25) is 14.4 Å². The van der Waals surface area contributed by atoms with Crippen LogP contribution in [0.25, 0.3) is 0 Å². The maximum absolute atomic E-state index is 12.7. The monoisotopic (exact) mass is 397 g/mol. The molecule has 0 radical (unpaired) electrons. The van der Waals surface area contributed by atoms with Crippen LogP contribution in [0, 0.1) is 6.92 Å². The molecule has 7 heteroatoms. The lowest BCUT2D eigenvalue weighted by molar-refractivity contribution is -0.134. The Morgan fingerprint density at radius 1 is 1.14 bits per heavy atom. The highest BCUT2D eigenvalue weighted by Gasteiger charge is 2.30. The summed E-state index contributed by atoms with van der Waals surface area (Å²) >= 11 is 0. The number of benzene rings is 1. The van der Waals surface area contributed by atoms with Crippen molar-refractivity contribution in [3.05, 3.63) is 42.2 Å². The Hall–Kier alpha value is -2.54. The number of piperidine rings is 1. The van der Waals surface area contributed by atoms with Crippen molar-refractivity contribution in [2.24, 2.45) is 0 Å². The molecule has 1 atom stereocenters. The van der Waals surface area contributed by atoms with Crippen LogP contribution < -0.4 is 9.64 Å². The number of para-hydroxylation sites is 2. The molecule has 0 unspecified atom stereocenters. The van der Waals surface area contributed by atoms with E-state index in [1.54, 1.807) is 11.8 Å². The summed E-state index contributed by atoms with van der Waals surface area (Å²) in [7, 11) is 1.73. The highest BCUT2D eigenvalue weighted by molar-refractivity contribution is 5.76. The van der Waals surface area contributed by atoms with E-state index >= 15 is 0 Å². The molecule has 1 aromatic carbocycles. The van der Waals surface area contributed by atoms with Crippen molar-refractivity contribution in [1.82, 2.24) is 19.6 Å². The molecule has 1 aromatic heterocycles. The van der Waals surface area contributed by atoms with E-state index in [-0.39, 0.29) is 5.91 Å². The van der Waals surface area contributed by atoms with Crippen molar-refractivity contribution >= 4 is 11.6 Å². The molecule has 0 spiro atoms. The van der Waals surface area contributed by atoms with Gasteiger partial charge in [-0.2, -0.15) is 5.10 Å². The Bertz CT molecular complexity index is 828. The van der Waals surface area contributed by atoms with Crippen LogP contribution in [0.1, 0.15) is 18.5 Å². The van der Waals surface area contributed by atoms with Gasteiger partial charge in [-0.15, -0.1) is 0 Å². The number of aromatic nitrogens is 2. The smallest absolute Gasteiger partial charge is 0.244 e. The minimum atomic E-state index is 0.172. The number of aryl methyl sites for hydroxylation is 1. The number of piperazine rings is 1. The van der Waals surface area contributed by atoms with E-state index in [4.69, 9.17) is 4.74 Å². The van der Waals surface area contributed by atoms with Crippen LogP contribution in [-0.4, -0.2) is 77.9 Å². The molecule has 0 bridgehead atoms. The quantitative estimate of drug-likeness (QED) is 0.773. The molecule has 0 N–H and O–H groups in total. The molecule has 2 saturated heterocycles. The number of rotatable bonds is 5. The topological polar surface area (TPSA) is 53.8 Å². The average molecular weight is 398 g/mol. The third kappa shape index (κ3) is 4.56. The van der Waals surface area contributed by atoms with E-state index in [1.807, 2.05) is 36.2 Å². The van der Waals surface area contributed by atoms with Gasteiger partial charge in [0.2, 0.25) is 5.91 Å². The third-order valence-electron chi connectivity index (χ3n) is 6.08. The first-order chi connectivity index (χ1) is 14.1. The highest BCUT2D eigenvalue weighted by atomic mass is 16.5. The van der Waals surface area contributed by atoms with E-state index in [2.05, 4.69) is 27.0 Å². The molecule has 3 heterocycles. The van der Waals surface area contributed by atoms with Gasteiger partial charge >= 0.3 is 0 Å². The fourth-order valence-corrected chi connectivity index (χ4v) is 4.49. The van der Waals surface area contributed by atoms with Crippen molar-refractivity contribution in [2.75, 3.05) is 51.3 Å². The molecule has 1 amide bonds. The molecule has 0 aliphatic carbocycles. The highest BCUT2D eigenvalue weighted by Crippen LogP contribution is 2.29. The number of carbonyl (C=O) groups is 1. The zero-order chi connectivity index (χ0) is 20.2. The van der Waals surface area contributed by atoms with Crippen LogP contribution in [0.3, 0.4) is 0 Å². The lowest BCUT2D eigenvalue weighted by Gasteiger charge is -2.44. The van der Waals surface area contributed by atoms with Gasteiger partial charge in [-0.05, 0) is 38.0 Å². The molecule has 156 valence electrons.